The third-order valence-electron chi connectivity index (χ3n) is 3.16. The van der Waals surface area contributed by atoms with Crippen molar-refractivity contribution in [3.05, 3.63) is 0 Å². The minimum atomic E-state index is 0.102. The molecule has 1 rings (SSSR count). The summed E-state index contributed by atoms with van der Waals surface area (Å²) >= 11 is 0. The van der Waals surface area contributed by atoms with E-state index in [1.54, 1.807) is 0 Å². The van der Waals surface area contributed by atoms with Gasteiger partial charge in [0.1, 0.15) is 0 Å². The Kier molecular flexibility index (Phi) is 5.27. The predicted molar refractivity (Wildman–Crippen MR) is 62.7 cm³/mol. The number of nitrogens with one attached hydrogen (secondary N) is 1. The molecule has 1 fully saturated rings. The summed E-state index contributed by atoms with van der Waals surface area (Å²) in [6.45, 7) is 6.28. The first-order chi connectivity index (χ1) is 7.65. The molecule has 1 aliphatic rings. The van der Waals surface area contributed by atoms with E-state index >= 15 is 0 Å². The van der Waals surface area contributed by atoms with Crippen molar-refractivity contribution in [3.63, 3.8) is 0 Å². The number of piperidine rings is 1. The number of amides is 1. The standard InChI is InChI=1S/C12H21N3O/c1-3-10(2)14-12(16)9-15-6-4-11(8-13)5-7-15/h10-11H,3-7,9H2,1-2H3,(H,14,16). The van der Waals surface area contributed by atoms with Gasteiger partial charge in [-0.25, -0.2) is 0 Å². The van der Waals surface area contributed by atoms with Crippen LogP contribution in [0.15, 0.2) is 0 Å². The number of rotatable bonds is 4. The largest absolute Gasteiger partial charge is 0.353 e. The zero-order chi connectivity index (χ0) is 12.0. The van der Waals surface area contributed by atoms with E-state index in [-0.39, 0.29) is 17.9 Å². The Labute approximate surface area is 97.6 Å². The van der Waals surface area contributed by atoms with Crippen molar-refractivity contribution in [1.29, 1.82) is 5.26 Å². The summed E-state index contributed by atoms with van der Waals surface area (Å²) in [4.78, 5) is 13.7. The molecule has 0 aromatic heterocycles. The van der Waals surface area contributed by atoms with E-state index in [1.165, 1.54) is 0 Å². The molecule has 0 aliphatic carbocycles. The lowest BCUT2D eigenvalue weighted by Crippen LogP contribution is -2.43. The first kappa shape index (κ1) is 13.0. The predicted octanol–water partition coefficient (Wildman–Crippen LogP) is 1.14. The molecule has 0 saturated carbocycles. The van der Waals surface area contributed by atoms with Crippen LogP contribution in [0, 0.1) is 17.2 Å². The van der Waals surface area contributed by atoms with Gasteiger partial charge in [0, 0.05) is 12.0 Å². The average molecular weight is 223 g/mol. The van der Waals surface area contributed by atoms with E-state index in [9.17, 15) is 4.79 Å². The van der Waals surface area contributed by atoms with Gasteiger partial charge in [0.05, 0.1) is 12.6 Å². The van der Waals surface area contributed by atoms with Crippen LogP contribution in [0.2, 0.25) is 0 Å². The highest BCUT2D eigenvalue weighted by Crippen LogP contribution is 2.15. The van der Waals surface area contributed by atoms with Crippen molar-refractivity contribution in [1.82, 2.24) is 10.2 Å². The molecule has 1 heterocycles. The van der Waals surface area contributed by atoms with E-state index in [1.807, 2.05) is 6.92 Å². The van der Waals surface area contributed by atoms with E-state index in [0.717, 1.165) is 32.4 Å². The van der Waals surface area contributed by atoms with Crippen LogP contribution in [-0.2, 0) is 4.79 Å². The van der Waals surface area contributed by atoms with Crippen LogP contribution in [0.5, 0.6) is 0 Å². The minimum Gasteiger partial charge on any atom is -0.353 e. The van der Waals surface area contributed by atoms with Gasteiger partial charge in [0.25, 0.3) is 0 Å². The molecule has 90 valence electrons. The summed E-state index contributed by atoms with van der Waals surface area (Å²) in [6, 6.07) is 2.55. The highest BCUT2D eigenvalue weighted by Gasteiger charge is 2.20. The second-order valence-corrected chi connectivity index (χ2v) is 4.56. The van der Waals surface area contributed by atoms with E-state index in [2.05, 4.69) is 23.2 Å². The SMILES string of the molecule is CCC(C)NC(=O)CN1CCC(C#N)CC1. The lowest BCUT2D eigenvalue weighted by Gasteiger charge is -2.28. The zero-order valence-electron chi connectivity index (χ0n) is 10.2. The summed E-state index contributed by atoms with van der Waals surface area (Å²) in [5.74, 6) is 0.290. The van der Waals surface area contributed by atoms with Crippen LogP contribution in [0.1, 0.15) is 33.1 Å². The Morgan fingerprint density at radius 1 is 1.56 bits per heavy atom. The lowest BCUT2D eigenvalue weighted by atomic mass is 9.99. The van der Waals surface area contributed by atoms with Crippen LogP contribution in [0.3, 0.4) is 0 Å². The molecule has 0 radical (unpaired) electrons. The maximum Gasteiger partial charge on any atom is 0.234 e. The van der Waals surface area contributed by atoms with Gasteiger partial charge >= 0.3 is 0 Å². The molecule has 4 heteroatoms. The summed E-state index contributed by atoms with van der Waals surface area (Å²) < 4.78 is 0. The van der Waals surface area contributed by atoms with Crippen molar-refractivity contribution >= 4 is 5.91 Å². The number of carbonyl (C=O) groups is 1. The van der Waals surface area contributed by atoms with Crippen LogP contribution < -0.4 is 5.32 Å². The lowest BCUT2D eigenvalue weighted by molar-refractivity contribution is -0.123. The van der Waals surface area contributed by atoms with Gasteiger partial charge in [-0.2, -0.15) is 5.26 Å². The first-order valence-electron chi connectivity index (χ1n) is 6.07. The fourth-order valence-corrected chi connectivity index (χ4v) is 1.85. The Morgan fingerprint density at radius 3 is 2.69 bits per heavy atom. The van der Waals surface area contributed by atoms with Crippen molar-refractivity contribution < 1.29 is 4.79 Å². The molecule has 1 saturated heterocycles. The van der Waals surface area contributed by atoms with Gasteiger partial charge in [-0.15, -0.1) is 0 Å². The molecule has 0 aromatic rings. The highest BCUT2D eigenvalue weighted by atomic mass is 16.2. The molecular weight excluding hydrogens is 202 g/mol. The molecule has 1 amide bonds. The fourth-order valence-electron chi connectivity index (χ4n) is 1.85. The molecule has 1 aliphatic heterocycles. The van der Waals surface area contributed by atoms with E-state index in [0.29, 0.717) is 6.54 Å². The second kappa shape index (κ2) is 6.49. The second-order valence-electron chi connectivity index (χ2n) is 4.56. The maximum atomic E-state index is 11.6. The Hall–Kier alpha value is -1.08. The van der Waals surface area contributed by atoms with Crippen molar-refractivity contribution in [3.8, 4) is 6.07 Å². The van der Waals surface area contributed by atoms with Gasteiger partial charge in [-0.05, 0) is 39.3 Å². The van der Waals surface area contributed by atoms with Crippen LogP contribution in [0.25, 0.3) is 0 Å². The van der Waals surface area contributed by atoms with Crippen LogP contribution in [0.4, 0.5) is 0 Å². The van der Waals surface area contributed by atoms with Gasteiger partial charge in [-0.1, -0.05) is 6.92 Å². The van der Waals surface area contributed by atoms with Crippen molar-refractivity contribution in [2.45, 2.75) is 39.2 Å². The molecule has 0 aromatic carbocycles. The average Bonchev–Trinajstić information content (AvgIpc) is 2.29. The highest BCUT2D eigenvalue weighted by molar-refractivity contribution is 5.78. The zero-order valence-corrected chi connectivity index (χ0v) is 10.2. The third-order valence-corrected chi connectivity index (χ3v) is 3.16. The Balaban J connectivity index is 2.23. The molecule has 1 N–H and O–H groups in total. The number of hydrogen-bond donors (Lipinski definition) is 1. The molecule has 1 atom stereocenters. The van der Waals surface area contributed by atoms with Gasteiger partial charge in [0.15, 0.2) is 0 Å². The molecule has 1 unspecified atom stereocenters. The van der Waals surface area contributed by atoms with Gasteiger partial charge < -0.3 is 5.32 Å². The topological polar surface area (TPSA) is 56.1 Å². The summed E-state index contributed by atoms with van der Waals surface area (Å²) in [7, 11) is 0. The minimum absolute atomic E-state index is 0.102. The Bertz CT molecular complexity index is 264. The van der Waals surface area contributed by atoms with E-state index in [4.69, 9.17) is 5.26 Å². The van der Waals surface area contributed by atoms with Crippen molar-refractivity contribution in [2.75, 3.05) is 19.6 Å². The molecular formula is C12H21N3O. The van der Waals surface area contributed by atoms with Gasteiger partial charge in [-0.3, -0.25) is 9.69 Å². The number of likely N-dealkylation sites (tertiary alicyclic amines) is 1. The summed E-state index contributed by atoms with van der Waals surface area (Å²) in [6.07, 6.45) is 2.75. The Morgan fingerprint density at radius 2 is 2.19 bits per heavy atom. The molecule has 0 spiro atoms. The number of nitrogens with zero attached hydrogens (tertiary/aromatic N) is 2. The number of carbonyl (C=O) groups excluding carboxylic acids is 1. The molecule has 4 nitrogen and oxygen atoms in total. The van der Waals surface area contributed by atoms with Crippen molar-refractivity contribution in [2.24, 2.45) is 5.92 Å². The number of nitriles is 1. The molecule has 0 bridgehead atoms. The third kappa shape index (κ3) is 4.19. The van der Waals surface area contributed by atoms with Crippen LogP contribution >= 0.6 is 0 Å². The number of hydrogen-bond acceptors (Lipinski definition) is 3. The van der Waals surface area contributed by atoms with E-state index < -0.39 is 0 Å². The quantitative estimate of drug-likeness (QED) is 0.777. The van der Waals surface area contributed by atoms with Crippen LogP contribution in [-0.4, -0.2) is 36.5 Å². The smallest absolute Gasteiger partial charge is 0.234 e. The molecule has 16 heavy (non-hydrogen) atoms. The van der Waals surface area contributed by atoms with Gasteiger partial charge in [0.2, 0.25) is 5.91 Å². The first-order valence-corrected chi connectivity index (χ1v) is 6.07. The monoisotopic (exact) mass is 223 g/mol. The normalized spacial score (nSPS) is 20.1. The fraction of sp³-hybridized carbons (Fsp3) is 0.833. The summed E-state index contributed by atoms with van der Waals surface area (Å²) in [5.41, 5.74) is 0. The maximum absolute atomic E-state index is 11.6. The summed E-state index contributed by atoms with van der Waals surface area (Å²) in [5, 5.41) is 11.7.